The van der Waals surface area contributed by atoms with Crippen LogP contribution in [0.3, 0.4) is 0 Å². The molecule has 1 aliphatic heterocycles. The number of likely N-dealkylation sites (N-methyl/N-ethyl adjacent to an activating group) is 1. The molecule has 1 spiro atoms. The highest BCUT2D eigenvalue weighted by Crippen LogP contribution is 2.78. The Kier molecular flexibility index (Phi) is 8.52. The number of likely N-dealkylation sites (tertiary alicyclic amines) is 1. The predicted molar refractivity (Wildman–Crippen MR) is 189 cm³/mol. The van der Waals surface area contributed by atoms with Gasteiger partial charge in [-0.15, -0.1) is 0 Å². The van der Waals surface area contributed by atoms with Crippen LogP contribution in [0.5, 0.6) is 0 Å². The molecule has 11 nitrogen and oxygen atoms in total. The average molecular weight is 702 g/mol. The number of carbonyl (C=O) groups excluding carboxylic acids is 2. The second-order valence-electron chi connectivity index (χ2n) is 16.0. The lowest BCUT2D eigenvalue weighted by Gasteiger charge is -2.70. The zero-order chi connectivity index (χ0) is 35.9. The van der Waals surface area contributed by atoms with Crippen molar-refractivity contribution in [3.63, 3.8) is 0 Å². The van der Waals surface area contributed by atoms with E-state index < -0.39 is 34.3 Å². The minimum Gasteiger partial charge on any atom is -0.454 e. The Bertz CT molecular complexity index is 1740. The van der Waals surface area contributed by atoms with E-state index in [-0.39, 0.29) is 53.4 Å². The van der Waals surface area contributed by atoms with Crippen molar-refractivity contribution in [3.05, 3.63) is 65.5 Å². The number of pyridine rings is 1. The van der Waals surface area contributed by atoms with E-state index in [0.717, 1.165) is 11.1 Å². The second kappa shape index (κ2) is 12.5. The van der Waals surface area contributed by atoms with Crippen molar-refractivity contribution in [2.24, 2.45) is 29.1 Å². The third-order valence-corrected chi connectivity index (χ3v) is 14.1. The lowest BCUT2D eigenvalue weighted by molar-refractivity contribution is -0.328. The summed E-state index contributed by atoms with van der Waals surface area (Å²) in [4.78, 5) is 34.1. The van der Waals surface area contributed by atoms with E-state index in [2.05, 4.69) is 22.1 Å². The molecule has 12 atom stereocenters. The number of methoxy groups -OCH3 is 3. The van der Waals surface area contributed by atoms with Crippen LogP contribution in [-0.2, 0) is 23.7 Å². The van der Waals surface area contributed by atoms with Gasteiger partial charge in [-0.05, 0) is 86.9 Å². The third kappa shape index (κ3) is 4.74. The normalized spacial score (nSPS) is 42.1. The molecule has 5 aliphatic carbocycles. The number of amides is 1. The minimum absolute atomic E-state index is 0.00315. The van der Waals surface area contributed by atoms with Crippen molar-refractivity contribution >= 4 is 23.6 Å². The fraction of sp³-hybridized carbons (Fsp3) is 0.625. The third-order valence-electron chi connectivity index (χ3n) is 14.1. The predicted octanol–water partition coefficient (Wildman–Crippen LogP) is 4.01. The number of anilines is 1. The molecular weight excluding hydrogens is 650 g/mol. The van der Waals surface area contributed by atoms with E-state index in [1.165, 1.54) is 6.08 Å². The van der Waals surface area contributed by atoms with E-state index in [1.807, 2.05) is 13.0 Å². The summed E-state index contributed by atoms with van der Waals surface area (Å²) in [5.74, 6) is -1.70. The highest BCUT2D eigenvalue weighted by atomic mass is 16.6. The van der Waals surface area contributed by atoms with Gasteiger partial charge in [0, 0.05) is 82.0 Å². The van der Waals surface area contributed by atoms with Crippen LogP contribution in [-0.4, -0.2) is 108 Å². The summed E-state index contributed by atoms with van der Waals surface area (Å²) in [6, 6.07) is 8.80. The monoisotopic (exact) mass is 701 g/mol. The van der Waals surface area contributed by atoms with Crippen LogP contribution < -0.4 is 5.32 Å². The second-order valence-corrected chi connectivity index (χ2v) is 16.0. The van der Waals surface area contributed by atoms with Crippen molar-refractivity contribution < 1.29 is 38.7 Å². The number of piperidine rings is 1. The molecule has 3 N–H and O–H groups in total. The fourth-order valence-corrected chi connectivity index (χ4v) is 12.6. The molecule has 8 rings (SSSR count). The topological polar surface area (TPSA) is 140 Å². The largest absolute Gasteiger partial charge is 0.454 e. The van der Waals surface area contributed by atoms with Gasteiger partial charge in [-0.25, -0.2) is 4.79 Å². The summed E-state index contributed by atoms with van der Waals surface area (Å²) < 4.78 is 25.4. The molecule has 274 valence electrons. The number of hydrogen-bond acceptors (Lipinski definition) is 10. The molecule has 1 unspecified atom stereocenters. The zero-order valence-corrected chi connectivity index (χ0v) is 30.2. The number of aryl methyl sites for hydroxylation is 1. The maximum atomic E-state index is 14.5. The smallest absolute Gasteiger partial charge is 0.340 e. The molecule has 2 heterocycles. The Balaban J connectivity index is 1.16. The molecule has 2 aromatic rings. The molecule has 1 aromatic heterocycles. The number of ether oxygens (including phenoxy) is 4. The van der Waals surface area contributed by atoms with Gasteiger partial charge in [0.1, 0.15) is 16.8 Å². The van der Waals surface area contributed by atoms with Crippen LogP contribution in [0.1, 0.15) is 66.9 Å². The van der Waals surface area contributed by atoms with Crippen molar-refractivity contribution in [1.29, 1.82) is 0 Å². The van der Waals surface area contributed by atoms with Crippen molar-refractivity contribution in [2.75, 3.05) is 39.7 Å². The van der Waals surface area contributed by atoms with E-state index in [0.29, 0.717) is 57.3 Å². The molecule has 1 amide bonds. The highest BCUT2D eigenvalue weighted by Gasteiger charge is 2.88. The summed E-state index contributed by atoms with van der Waals surface area (Å²) >= 11 is 0. The Hall–Kier alpha value is -3.19. The number of aromatic nitrogens is 1. The molecule has 1 saturated heterocycles. The quantitative estimate of drug-likeness (QED) is 0.260. The van der Waals surface area contributed by atoms with Crippen molar-refractivity contribution in [2.45, 2.75) is 93.5 Å². The van der Waals surface area contributed by atoms with Gasteiger partial charge in [0.25, 0.3) is 0 Å². The molecule has 5 saturated carbocycles. The summed E-state index contributed by atoms with van der Waals surface area (Å²) in [7, 11) is 5.09. The SMILES string of the molecule is CCN1C[C@]2(OC(=O)c3ccccc3NC(=O)/C=C/c3cncc(C)c3)CC[C@H](OC)[C@]34C1[C@@H](C[C@H]23)[C@@]1(O)C[C@H](OC)C[C@H]2C[C@@H]4[C@]1(O)[C@H]2OC. The number of nitrogens with zero attached hydrogens (tertiary/aromatic N) is 2. The number of fused-ring (bicyclic) bond motifs is 2. The minimum atomic E-state index is -1.52. The molecule has 6 aliphatic rings. The molecule has 7 bridgehead atoms. The van der Waals surface area contributed by atoms with Crippen LogP contribution in [0.2, 0.25) is 0 Å². The Labute approximate surface area is 299 Å². The molecule has 11 heteroatoms. The van der Waals surface area contributed by atoms with Crippen molar-refractivity contribution in [3.8, 4) is 0 Å². The molecule has 0 radical (unpaired) electrons. The van der Waals surface area contributed by atoms with Crippen LogP contribution in [0.4, 0.5) is 5.69 Å². The number of para-hydroxylation sites is 1. The fourth-order valence-electron chi connectivity index (χ4n) is 12.6. The van der Waals surface area contributed by atoms with Gasteiger partial charge < -0.3 is 34.5 Å². The number of esters is 1. The lowest BCUT2D eigenvalue weighted by atomic mass is 9.43. The van der Waals surface area contributed by atoms with Crippen LogP contribution in [0, 0.1) is 36.0 Å². The van der Waals surface area contributed by atoms with Gasteiger partial charge in [0.15, 0.2) is 0 Å². The van der Waals surface area contributed by atoms with Gasteiger partial charge in [0.2, 0.25) is 5.91 Å². The highest BCUT2D eigenvalue weighted by molar-refractivity contribution is 6.06. The van der Waals surface area contributed by atoms with Gasteiger partial charge in [0.05, 0.1) is 29.6 Å². The summed E-state index contributed by atoms with van der Waals surface area (Å²) in [5, 5.41) is 29.2. The van der Waals surface area contributed by atoms with E-state index in [9.17, 15) is 19.8 Å². The molecule has 6 fully saturated rings. The molecule has 1 aromatic carbocycles. The Morgan fingerprint density at radius 3 is 2.59 bits per heavy atom. The van der Waals surface area contributed by atoms with Crippen LogP contribution >= 0.6 is 0 Å². The van der Waals surface area contributed by atoms with Gasteiger partial charge in [-0.2, -0.15) is 0 Å². The zero-order valence-electron chi connectivity index (χ0n) is 30.2. The maximum absolute atomic E-state index is 14.5. The number of rotatable bonds is 9. The lowest BCUT2D eigenvalue weighted by Crippen LogP contribution is -2.82. The Morgan fingerprint density at radius 2 is 1.86 bits per heavy atom. The number of benzene rings is 1. The first-order valence-electron chi connectivity index (χ1n) is 18.5. The maximum Gasteiger partial charge on any atom is 0.340 e. The number of aliphatic hydroxyl groups is 2. The average Bonchev–Trinajstić information content (AvgIpc) is 3.52. The summed E-state index contributed by atoms with van der Waals surface area (Å²) in [6.07, 6.45) is 9.10. The van der Waals surface area contributed by atoms with E-state index >= 15 is 0 Å². The summed E-state index contributed by atoms with van der Waals surface area (Å²) in [6.45, 7) is 5.27. The first kappa shape index (κ1) is 34.9. The Morgan fingerprint density at radius 1 is 1.06 bits per heavy atom. The van der Waals surface area contributed by atoms with Crippen molar-refractivity contribution in [1.82, 2.24) is 9.88 Å². The van der Waals surface area contributed by atoms with E-state index in [4.69, 9.17) is 18.9 Å². The standard InChI is InChI=1S/C40H51N3O8/c1-6-43-22-37(51-36(45)27-9-7-8-10-29(27)42-33(44)12-11-24-15-23(2)20-41-21-24)14-13-32(49-4)39-30(37)18-28(34(39)43)38(46)19-26(48-3)16-25-17-31(39)40(38,47)35(25)50-5/h7-12,15,20-21,25-26,28,30-32,34-35,46-47H,6,13-14,16-19,22H2,1-5H3,(H,42,44)/b12-11+/t25-,26+,28+,30+,31-,32-,34?,35-,37+,38-,39-,40-/m0/s1. The molecule has 51 heavy (non-hydrogen) atoms. The first-order valence-corrected chi connectivity index (χ1v) is 18.5. The van der Waals surface area contributed by atoms with Gasteiger partial charge >= 0.3 is 5.97 Å². The summed E-state index contributed by atoms with van der Waals surface area (Å²) in [5.41, 5.74) is -2.05. The molecular formula is C40H51N3O8. The number of carbonyl (C=O) groups is 2. The van der Waals surface area contributed by atoms with Crippen LogP contribution in [0.15, 0.2) is 48.8 Å². The number of nitrogens with one attached hydrogen (secondary N) is 1. The number of hydrogen-bond donors (Lipinski definition) is 3. The van der Waals surface area contributed by atoms with E-state index in [1.54, 1.807) is 64.1 Å². The van der Waals surface area contributed by atoms with Gasteiger partial charge in [-0.1, -0.05) is 19.1 Å². The van der Waals surface area contributed by atoms with Gasteiger partial charge in [-0.3, -0.25) is 14.7 Å². The van der Waals surface area contributed by atoms with Crippen LogP contribution in [0.25, 0.3) is 6.08 Å². The first-order chi connectivity index (χ1) is 24.5.